The molecule has 0 bridgehead atoms. The average molecular weight is 191 g/mol. The van der Waals surface area contributed by atoms with Crippen molar-refractivity contribution in [2.75, 3.05) is 6.54 Å². The van der Waals surface area contributed by atoms with Gasteiger partial charge in [0.1, 0.15) is 0 Å². The molecule has 3 rings (SSSR count). The highest BCUT2D eigenvalue weighted by atomic mass is 16.2. The minimum atomic E-state index is -0.105. The third-order valence-electron chi connectivity index (χ3n) is 3.73. The molecule has 0 unspecified atom stereocenters. The second-order valence-corrected chi connectivity index (χ2v) is 4.28. The lowest BCUT2D eigenvalue weighted by Crippen LogP contribution is -2.40. The monoisotopic (exact) mass is 191 g/mol. The topological polar surface area (TPSA) is 57.8 Å². The molecule has 4 nitrogen and oxygen atoms in total. The second kappa shape index (κ2) is 2.59. The van der Waals surface area contributed by atoms with Crippen LogP contribution in [-0.4, -0.2) is 22.6 Å². The molecule has 1 aromatic rings. The van der Waals surface area contributed by atoms with E-state index in [1.807, 2.05) is 6.07 Å². The fraction of sp³-hybridized carbons (Fsp3) is 0.600. The molecule has 1 spiro atoms. The van der Waals surface area contributed by atoms with E-state index in [2.05, 4.69) is 15.5 Å². The van der Waals surface area contributed by atoms with E-state index in [9.17, 15) is 4.79 Å². The fourth-order valence-corrected chi connectivity index (χ4v) is 2.73. The van der Waals surface area contributed by atoms with Gasteiger partial charge in [0.2, 0.25) is 5.91 Å². The maximum atomic E-state index is 11.7. The molecule has 74 valence electrons. The smallest absolute Gasteiger partial charge is 0.226 e. The Kier molecular flexibility index (Phi) is 1.48. The third kappa shape index (κ3) is 0.832. The van der Waals surface area contributed by atoms with Gasteiger partial charge in [0, 0.05) is 24.4 Å². The highest BCUT2D eigenvalue weighted by molar-refractivity contribution is 5.87. The molecular formula is C10H13N3O. The normalized spacial score (nSPS) is 28.9. The van der Waals surface area contributed by atoms with Crippen LogP contribution in [0.5, 0.6) is 0 Å². The first kappa shape index (κ1) is 8.03. The Morgan fingerprint density at radius 3 is 2.93 bits per heavy atom. The van der Waals surface area contributed by atoms with Gasteiger partial charge >= 0.3 is 0 Å². The number of hydrogen-bond donors (Lipinski definition) is 2. The molecule has 2 N–H and O–H groups in total. The van der Waals surface area contributed by atoms with Crippen LogP contribution in [0.25, 0.3) is 0 Å². The molecule has 1 aliphatic heterocycles. The second-order valence-electron chi connectivity index (χ2n) is 4.28. The highest BCUT2D eigenvalue weighted by Crippen LogP contribution is 2.53. The Hall–Kier alpha value is -1.32. The van der Waals surface area contributed by atoms with Gasteiger partial charge in [-0.05, 0) is 18.9 Å². The number of carbonyl (C=O) groups is 1. The molecule has 1 saturated carbocycles. The number of aromatic nitrogens is 2. The van der Waals surface area contributed by atoms with E-state index in [1.54, 1.807) is 6.20 Å². The van der Waals surface area contributed by atoms with Crippen molar-refractivity contribution >= 4 is 5.91 Å². The number of rotatable bonds is 1. The first-order valence-electron chi connectivity index (χ1n) is 5.10. The SMILES string of the molecule is O=C1NC[C@@H](c2ccn[nH]2)C12CCC2. The first-order valence-corrected chi connectivity index (χ1v) is 5.10. The van der Waals surface area contributed by atoms with Gasteiger partial charge in [-0.3, -0.25) is 9.89 Å². The number of aromatic amines is 1. The van der Waals surface area contributed by atoms with Crippen molar-refractivity contribution in [2.45, 2.75) is 25.2 Å². The quantitative estimate of drug-likeness (QED) is 0.689. The van der Waals surface area contributed by atoms with Gasteiger partial charge in [0.25, 0.3) is 0 Å². The molecular weight excluding hydrogens is 178 g/mol. The Balaban J connectivity index is 1.97. The largest absolute Gasteiger partial charge is 0.355 e. The number of nitrogens with one attached hydrogen (secondary N) is 2. The minimum absolute atomic E-state index is 0.105. The predicted molar refractivity (Wildman–Crippen MR) is 50.6 cm³/mol. The van der Waals surface area contributed by atoms with E-state index in [0.717, 1.165) is 25.1 Å². The molecule has 1 atom stereocenters. The van der Waals surface area contributed by atoms with Gasteiger partial charge < -0.3 is 5.32 Å². The van der Waals surface area contributed by atoms with E-state index in [0.29, 0.717) is 5.92 Å². The number of amides is 1. The standard InChI is InChI=1S/C10H13N3O/c14-9-10(3-1-4-10)7(6-11-9)8-2-5-12-13-8/h2,5,7H,1,3-4,6H2,(H,11,14)(H,12,13)/t7-/m0/s1. The number of H-pyrrole nitrogens is 1. The van der Waals surface area contributed by atoms with E-state index in [4.69, 9.17) is 0 Å². The fourth-order valence-electron chi connectivity index (χ4n) is 2.73. The summed E-state index contributed by atoms with van der Waals surface area (Å²) in [6.45, 7) is 0.765. The summed E-state index contributed by atoms with van der Waals surface area (Å²) < 4.78 is 0. The van der Waals surface area contributed by atoms with Crippen molar-refractivity contribution in [3.63, 3.8) is 0 Å². The number of nitrogens with zero attached hydrogens (tertiary/aromatic N) is 1. The molecule has 0 aromatic carbocycles. The predicted octanol–water partition coefficient (Wildman–Crippen LogP) is 0.793. The van der Waals surface area contributed by atoms with Crippen LogP contribution in [0.3, 0.4) is 0 Å². The molecule has 2 aliphatic rings. The third-order valence-corrected chi connectivity index (χ3v) is 3.73. The van der Waals surface area contributed by atoms with Gasteiger partial charge in [-0.1, -0.05) is 6.42 Å². The Labute approximate surface area is 82.1 Å². The van der Waals surface area contributed by atoms with Crippen LogP contribution in [0, 0.1) is 5.41 Å². The van der Waals surface area contributed by atoms with Crippen molar-refractivity contribution in [1.29, 1.82) is 0 Å². The van der Waals surface area contributed by atoms with Gasteiger partial charge in [0.15, 0.2) is 0 Å². The molecule has 4 heteroatoms. The van der Waals surface area contributed by atoms with Crippen LogP contribution in [-0.2, 0) is 4.79 Å². The van der Waals surface area contributed by atoms with Crippen molar-refractivity contribution < 1.29 is 4.79 Å². The molecule has 1 aliphatic carbocycles. The summed E-state index contributed by atoms with van der Waals surface area (Å²) in [5.74, 6) is 0.551. The molecule has 14 heavy (non-hydrogen) atoms. The van der Waals surface area contributed by atoms with Gasteiger partial charge in [-0.2, -0.15) is 5.10 Å². The zero-order chi connectivity index (χ0) is 9.60. The minimum Gasteiger partial charge on any atom is -0.355 e. The molecule has 2 heterocycles. The zero-order valence-corrected chi connectivity index (χ0v) is 7.92. The zero-order valence-electron chi connectivity index (χ0n) is 7.92. The summed E-state index contributed by atoms with van der Waals surface area (Å²) in [4.78, 5) is 11.7. The Morgan fingerprint density at radius 2 is 2.36 bits per heavy atom. The van der Waals surface area contributed by atoms with Gasteiger partial charge in [0.05, 0.1) is 5.41 Å². The van der Waals surface area contributed by atoms with Crippen molar-refractivity contribution in [2.24, 2.45) is 5.41 Å². The van der Waals surface area contributed by atoms with Crippen LogP contribution >= 0.6 is 0 Å². The maximum Gasteiger partial charge on any atom is 0.226 e. The van der Waals surface area contributed by atoms with Crippen LogP contribution in [0.15, 0.2) is 12.3 Å². The van der Waals surface area contributed by atoms with E-state index >= 15 is 0 Å². The molecule has 1 saturated heterocycles. The summed E-state index contributed by atoms with van der Waals surface area (Å²) in [5, 5.41) is 9.90. The summed E-state index contributed by atoms with van der Waals surface area (Å²) in [6.07, 6.45) is 4.99. The summed E-state index contributed by atoms with van der Waals surface area (Å²) >= 11 is 0. The van der Waals surface area contributed by atoms with Crippen LogP contribution in [0.2, 0.25) is 0 Å². The van der Waals surface area contributed by atoms with Gasteiger partial charge in [-0.25, -0.2) is 0 Å². The van der Waals surface area contributed by atoms with Crippen molar-refractivity contribution in [3.8, 4) is 0 Å². The number of hydrogen-bond acceptors (Lipinski definition) is 2. The van der Waals surface area contributed by atoms with E-state index in [1.165, 1.54) is 6.42 Å². The molecule has 1 amide bonds. The number of carbonyl (C=O) groups excluding carboxylic acids is 1. The molecule has 0 radical (unpaired) electrons. The lowest BCUT2D eigenvalue weighted by Gasteiger charge is -2.39. The lowest BCUT2D eigenvalue weighted by molar-refractivity contribution is -0.132. The lowest BCUT2D eigenvalue weighted by atomic mass is 9.61. The summed E-state index contributed by atoms with van der Waals surface area (Å²) in [7, 11) is 0. The maximum absolute atomic E-state index is 11.7. The van der Waals surface area contributed by atoms with E-state index < -0.39 is 0 Å². The first-order chi connectivity index (χ1) is 6.83. The van der Waals surface area contributed by atoms with E-state index in [-0.39, 0.29) is 11.3 Å². The van der Waals surface area contributed by atoms with Crippen molar-refractivity contribution in [3.05, 3.63) is 18.0 Å². The van der Waals surface area contributed by atoms with Gasteiger partial charge in [-0.15, -0.1) is 0 Å². The van der Waals surface area contributed by atoms with Crippen molar-refractivity contribution in [1.82, 2.24) is 15.5 Å². The Morgan fingerprint density at radius 1 is 1.50 bits per heavy atom. The Bertz CT molecular complexity index is 353. The van der Waals surface area contributed by atoms with Crippen LogP contribution in [0.1, 0.15) is 30.9 Å². The summed E-state index contributed by atoms with van der Waals surface area (Å²) in [6, 6.07) is 1.98. The molecule has 1 aromatic heterocycles. The summed E-state index contributed by atoms with van der Waals surface area (Å²) in [5.41, 5.74) is 0.995. The highest BCUT2D eigenvalue weighted by Gasteiger charge is 2.54. The average Bonchev–Trinajstić information content (AvgIpc) is 2.67. The molecule has 2 fully saturated rings. The van der Waals surface area contributed by atoms with Crippen LogP contribution < -0.4 is 5.32 Å². The van der Waals surface area contributed by atoms with Crippen LogP contribution in [0.4, 0.5) is 0 Å².